The molecule has 0 saturated carbocycles. The number of methoxy groups -OCH3 is 1. The Morgan fingerprint density at radius 3 is 2.95 bits per heavy atom. The lowest BCUT2D eigenvalue weighted by Crippen LogP contribution is -2.40. The second-order valence-electron chi connectivity index (χ2n) is 4.46. The van der Waals surface area contributed by atoms with Crippen molar-refractivity contribution in [2.75, 3.05) is 43.6 Å². The summed E-state index contributed by atoms with van der Waals surface area (Å²) in [6.07, 6.45) is 0.936. The van der Waals surface area contributed by atoms with Crippen LogP contribution in [0.3, 0.4) is 0 Å². The van der Waals surface area contributed by atoms with Crippen LogP contribution < -0.4 is 15.0 Å². The van der Waals surface area contributed by atoms with E-state index in [4.69, 9.17) is 9.47 Å². The molecule has 1 aliphatic heterocycles. The second kappa shape index (κ2) is 6.43. The van der Waals surface area contributed by atoms with Crippen LogP contribution in [0.15, 0.2) is 18.2 Å². The fourth-order valence-electron chi connectivity index (χ4n) is 2.08. The summed E-state index contributed by atoms with van der Waals surface area (Å²) in [5, 5.41) is 2.90. The van der Waals surface area contributed by atoms with Crippen LogP contribution in [-0.4, -0.2) is 39.3 Å². The van der Waals surface area contributed by atoms with Gasteiger partial charge in [-0.1, -0.05) is 13.0 Å². The summed E-state index contributed by atoms with van der Waals surface area (Å²) in [4.78, 5) is 13.8. The quantitative estimate of drug-likeness (QED) is 0.852. The van der Waals surface area contributed by atoms with Crippen LogP contribution in [0.1, 0.15) is 13.3 Å². The Balaban J connectivity index is 2.25. The first-order valence-corrected chi connectivity index (χ1v) is 6.55. The molecule has 0 saturated heterocycles. The Morgan fingerprint density at radius 1 is 1.37 bits per heavy atom. The third-order valence-corrected chi connectivity index (χ3v) is 2.97. The number of anilines is 2. The Morgan fingerprint density at radius 2 is 2.21 bits per heavy atom. The van der Waals surface area contributed by atoms with Crippen LogP contribution in [0.4, 0.5) is 11.4 Å². The van der Waals surface area contributed by atoms with Gasteiger partial charge < -0.3 is 19.7 Å². The monoisotopic (exact) mass is 264 g/mol. The van der Waals surface area contributed by atoms with Crippen molar-refractivity contribution in [3.8, 4) is 5.75 Å². The van der Waals surface area contributed by atoms with Crippen molar-refractivity contribution >= 4 is 17.3 Å². The number of rotatable bonds is 6. The van der Waals surface area contributed by atoms with Gasteiger partial charge in [-0.05, 0) is 18.6 Å². The highest BCUT2D eigenvalue weighted by Crippen LogP contribution is 2.37. The van der Waals surface area contributed by atoms with Gasteiger partial charge in [-0.3, -0.25) is 4.79 Å². The van der Waals surface area contributed by atoms with Crippen molar-refractivity contribution in [3.05, 3.63) is 18.2 Å². The number of nitrogens with one attached hydrogen (secondary N) is 1. The number of benzene rings is 1. The van der Waals surface area contributed by atoms with Crippen LogP contribution in [0, 0.1) is 0 Å². The Labute approximate surface area is 113 Å². The predicted octanol–water partition coefficient (Wildman–Crippen LogP) is 1.88. The zero-order valence-electron chi connectivity index (χ0n) is 11.4. The fraction of sp³-hybridized carbons (Fsp3) is 0.500. The molecule has 104 valence electrons. The van der Waals surface area contributed by atoms with Crippen molar-refractivity contribution < 1.29 is 14.3 Å². The summed E-state index contributed by atoms with van der Waals surface area (Å²) in [5.41, 5.74) is 1.76. The van der Waals surface area contributed by atoms with E-state index < -0.39 is 0 Å². The molecule has 0 aromatic heterocycles. The molecular weight excluding hydrogens is 244 g/mol. The second-order valence-corrected chi connectivity index (χ2v) is 4.46. The van der Waals surface area contributed by atoms with E-state index >= 15 is 0 Å². The molecule has 1 heterocycles. The van der Waals surface area contributed by atoms with Crippen molar-refractivity contribution in [1.82, 2.24) is 0 Å². The Hall–Kier alpha value is -1.75. The number of carbonyl (C=O) groups is 1. The minimum atomic E-state index is -0.0175. The van der Waals surface area contributed by atoms with Crippen molar-refractivity contribution in [2.45, 2.75) is 13.3 Å². The number of para-hydroxylation sites is 1. The standard InChI is InChI=1S/C14H20N2O3/c1-3-8-19-12-6-4-5-11-14(12)15-13(17)10-16(11)7-9-18-2/h4-6H,3,7-10H2,1-2H3,(H,15,17). The number of fused-ring (bicyclic) bond motifs is 1. The van der Waals surface area contributed by atoms with E-state index in [0.717, 1.165) is 23.5 Å². The number of amides is 1. The largest absolute Gasteiger partial charge is 0.491 e. The van der Waals surface area contributed by atoms with E-state index in [1.54, 1.807) is 7.11 Å². The smallest absolute Gasteiger partial charge is 0.244 e. The first-order valence-electron chi connectivity index (χ1n) is 6.55. The molecule has 1 aromatic carbocycles. The van der Waals surface area contributed by atoms with E-state index in [-0.39, 0.29) is 5.91 Å². The van der Waals surface area contributed by atoms with Gasteiger partial charge in [0.15, 0.2) is 0 Å². The minimum absolute atomic E-state index is 0.0175. The maximum absolute atomic E-state index is 11.8. The molecule has 0 unspecified atom stereocenters. The van der Waals surface area contributed by atoms with Gasteiger partial charge in [-0.2, -0.15) is 0 Å². The highest BCUT2D eigenvalue weighted by Gasteiger charge is 2.24. The molecule has 1 amide bonds. The van der Waals surface area contributed by atoms with E-state index in [1.165, 1.54) is 0 Å². The van der Waals surface area contributed by atoms with Crippen LogP contribution in [0.25, 0.3) is 0 Å². The molecule has 1 aliphatic rings. The average molecular weight is 264 g/mol. The average Bonchev–Trinajstić information content (AvgIpc) is 2.42. The predicted molar refractivity (Wildman–Crippen MR) is 74.9 cm³/mol. The van der Waals surface area contributed by atoms with Crippen LogP contribution in [0.5, 0.6) is 5.75 Å². The van der Waals surface area contributed by atoms with Crippen LogP contribution in [-0.2, 0) is 9.53 Å². The van der Waals surface area contributed by atoms with Gasteiger partial charge in [0.2, 0.25) is 5.91 Å². The summed E-state index contributed by atoms with van der Waals surface area (Å²) in [6, 6.07) is 5.82. The molecule has 0 aliphatic carbocycles. The Bertz CT molecular complexity index is 448. The molecule has 1 aromatic rings. The van der Waals surface area contributed by atoms with Gasteiger partial charge in [-0.15, -0.1) is 0 Å². The van der Waals surface area contributed by atoms with Crippen LogP contribution >= 0.6 is 0 Å². The van der Waals surface area contributed by atoms with Crippen molar-refractivity contribution in [2.24, 2.45) is 0 Å². The maximum atomic E-state index is 11.8. The fourth-order valence-corrected chi connectivity index (χ4v) is 2.08. The molecule has 1 N–H and O–H groups in total. The molecule has 2 rings (SSSR count). The lowest BCUT2D eigenvalue weighted by atomic mass is 10.1. The van der Waals surface area contributed by atoms with Gasteiger partial charge in [0.25, 0.3) is 0 Å². The maximum Gasteiger partial charge on any atom is 0.244 e. The molecular formula is C14H20N2O3. The zero-order valence-corrected chi connectivity index (χ0v) is 11.4. The normalized spacial score (nSPS) is 14.0. The lowest BCUT2D eigenvalue weighted by Gasteiger charge is -2.31. The molecule has 5 nitrogen and oxygen atoms in total. The van der Waals surface area contributed by atoms with Crippen molar-refractivity contribution in [1.29, 1.82) is 0 Å². The number of nitrogens with zero attached hydrogens (tertiary/aromatic N) is 1. The first-order chi connectivity index (χ1) is 9.26. The number of ether oxygens (including phenoxy) is 2. The number of carbonyl (C=O) groups excluding carboxylic acids is 1. The zero-order chi connectivity index (χ0) is 13.7. The van der Waals surface area contributed by atoms with Gasteiger partial charge in [0.05, 0.1) is 25.4 Å². The van der Waals surface area contributed by atoms with E-state index in [0.29, 0.717) is 26.3 Å². The third-order valence-electron chi connectivity index (χ3n) is 2.97. The molecule has 0 bridgehead atoms. The Kier molecular flexibility index (Phi) is 4.63. The highest BCUT2D eigenvalue weighted by atomic mass is 16.5. The summed E-state index contributed by atoms with van der Waals surface area (Å²) >= 11 is 0. The molecule has 0 fully saturated rings. The highest BCUT2D eigenvalue weighted by molar-refractivity contribution is 6.03. The van der Waals surface area contributed by atoms with Crippen molar-refractivity contribution in [3.63, 3.8) is 0 Å². The first kappa shape index (κ1) is 13.7. The SMILES string of the molecule is CCCOc1cccc2c1NC(=O)CN2CCOC. The molecule has 0 spiro atoms. The number of hydrogen-bond donors (Lipinski definition) is 1. The topological polar surface area (TPSA) is 50.8 Å². The van der Waals surface area contributed by atoms with Gasteiger partial charge in [0, 0.05) is 13.7 Å². The molecule has 0 atom stereocenters. The summed E-state index contributed by atoms with van der Waals surface area (Å²) in [5.74, 6) is 0.714. The van der Waals surface area contributed by atoms with E-state index in [1.807, 2.05) is 23.1 Å². The molecule has 19 heavy (non-hydrogen) atoms. The summed E-state index contributed by atoms with van der Waals surface area (Å²) in [7, 11) is 1.66. The van der Waals surface area contributed by atoms with Gasteiger partial charge >= 0.3 is 0 Å². The summed E-state index contributed by atoms with van der Waals surface area (Å²) < 4.78 is 10.8. The summed E-state index contributed by atoms with van der Waals surface area (Å²) in [6.45, 7) is 4.33. The molecule has 5 heteroatoms. The third kappa shape index (κ3) is 3.17. The van der Waals surface area contributed by atoms with Crippen LogP contribution in [0.2, 0.25) is 0 Å². The number of hydrogen-bond acceptors (Lipinski definition) is 4. The van der Waals surface area contributed by atoms with Gasteiger partial charge in [-0.25, -0.2) is 0 Å². The minimum Gasteiger partial charge on any atom is -0.491 e. The van der Waals surface area contributed by atoms with E-state index in [9.17, 15) is 4.79 Å². The van der Waals surface area contributed by atoms with E-state index in [2.05, 4.69) is 12.2 Å². The van der Waals surface area contributed by atoms with Gasteiger partial charge in [0.1, 0.15) is 11.4 Å². The molecule has 0 radical (unpaired) electrons. The lowest BCUT2D eigenvalue weighted by molar-refractivity contribution is -0.115.